The van der Waals surface area contributed by atoms with Crippen molar-refractivity contribution in [3.8, 4) is 5.75 Å². The summed E-state index contributed by atoms with van der Waals surface area (Å²) in [4.78, 5) is 23.6. The third-order valence-electron chi connectivity index (χ3n) is 3.86. The molecule has 0 saturated heterocycles. The molecule has 23 heavy (non-hydrogen) atoms. The number of hydrogen-bond donors (Lipinski definition) is 4. The molecule has 0 aliphatic heterocycles. The van der Waals surface area contributed by atoms with Crippen molar-refractivity contribution in [2.45, 2.75) is 38.1 Å². The highest BCUT2D eigenvalue weighted by molar-refractivity contribution is 5.94. The molecule has 5 N–H and O–H groups in total. The summed E-state index contributed by atoms with van der Waals surface area (Å²) in [5, 5.41) is 8.14. The second kappa shape index (κ2) is 8.26. The van der Waals surface area contributed by atoms with Crippen molar-refractivity contribution in [3.05, 3.63) is 18.2 Å². The van der Waals surface area contributed by atoms with Crippen LogP contribution in [0.5, 0.6) is 5.75 Å². The maximum Gasteiger partial charge on any atom is 0.315 e. The van der Waals surface area contributed by atoms with Crippen molar-refractivity contribution >= 4 is 23.3 Å². The quantitative estimate of drug-likeness (QED) is 0.621. The molecule has 7 heteroatoms. The number of nitrogens with one attached hydrogen (secondary N) is 3. The molecule has 0 spiro atoms. The number of nitrogens with two attached hydrogens (primary N) is 1. The monoisotopic (exact) mass is 320 g/mol. The van der Waals surface area contributed by atoms with Crippen LogP contribution < -0.4 is 26.4 Å². The number of nitrogen functional groups attached to an aromatic ring is 1. The Morgan fingerprint density at radius 1 is 1.26 bits per heavy atom. The SMILES string of the molecule is COc1ccc(NC(=O)CNC(=O)NC2CCCCC2)cc1N. The van der Waals surface area contributed by atoms with Crippen LogP contribution in [0.2, 0.25) is 0 Å². The van der Waals surface area contributed by atoms with Gasteiger partial charge in [-0.25, -0.2) is 4.79 Å². The third-order valence-corrected chi connectivity index (χ3v) is 3.86. The molecule has 1 fully saturated rings. The van der Waals surface area contributed by atoms with Crippen molar-refractivity contribution in [1.29, 1.82) is 0 Å². The Hall–Kier alpha value is -2.44. The maximum atomic E-state index is 11.8. The summed E-state index contributed by atoms with van der Waals surface area (Å²) in [5.41, 5.74) is 6.77. The lowest BCUT2D eigenvalue weighted by Gasteiger charge is -2.22. The van der Waals surface area contributed by atoms with Gasteiger partial charge in [0.25, 0.3) is 0 Å². The Labute approximate surface area is 136 Å². The van der Waals surface area contributed by atoms with E-state index in [9.17, 15) is 9.59 Å². The first-order chi connectivity index (χ1) is 11.1. The van der Waals surface area contributed by atoms with Gasteiger partial charge in [-0.1, -0.05) is 19.3 Å². The van der Waals surface area contributed by atoms with Crippen LogP contribution in [0.3, 0.4) is 0 Å². The summed E-state index contributed by atoms with van der Waals surface area (Å²) in [5.74, 6) is 0.237. The molecule has 1 saturated carbocycles. The van der Waals surface area contributed by atoms with E-state index < -0.39 is 0 Å². The van der Waals surface area contributed by atoms with Crippen LogP contribution >= 0.6 is 0 Å². The number of ether oxygens (including phenoxy) is 1. The van der Waals surface area contributed by atoms with Crippen molar-refractivity contribution in [2.24, 2.45) is 0 Å². The minimum Gasteiger partial charge on any atom is -0.495 e. The standard InChI is InChI=1S/C16H24N4O3/c1-23-14-8-7-12(9-13(14)17)19-15(21)10-18-16(22)20-11-5-3-2-4-6-11/h7-9,11H,2-6,10,17H2,1H3,(H,19,21)(H2,18,20,22). The van der Waals surface area contributed by atoms with E-state index in [4.69, 9.17) is 10.5 Å². The molecule has 1 aliphatic rings. The van der Waals surface area contributed by atoms with Crippen molar-refractivity contribution < 1.29 is 14.3 Å². The lowest BCUT2D eigenvalue weighted by atomic mass is 9.96. The molecule has 2 rings (SSSR count). The Kier molecular flexibility index (Phi) is 6.08. The van der Waals surface area contributed by atoms with E-state index in [-0.39, 0.29) is 24.5 Å². The van der Waals surface area contributed by atoms with Gasteiger partial charge in [-0.2, -0.15) is 0 Å². The third kappa shape index (κ3) is 5.36. The molecule has 0 heterocycles. The number of urea groups is 1. The summed E-state index contributed by atoms with van der Waals surface area (Å²) in [6.45, 7) is -0.0928. The highest BCUT2D eigenvalue weighted by Gasteiger charge is 2.15. The van der Waals surface area contributed by atoms with Gasteiger partial charge in [-0.05, 0) is 31.0 Å². The van der Waals surface area contributed by atoms with Gasteiger partial charge in [0.1, 0.15) is 5.75 Å². The van der Waals surface area contributed by atoms with Crippen LogP contribution in [0.4, 0.5) is 16.2 Å². The Morgan fingerprint density at radius 2 is 2.00 bits per heavy atom. The highest BCUT2D eigenvalue weighted by atomic mass is 16.5. The van der Waals surface area contributed by atoms with E-state index >= 15 is 0 Å². The molecule has 7 nitrogen and oxygen atoms in total. The summed E-state index contributed by atoms with van der Waals surface area (Å²) in [6, 6.07) is 4.89. The molecule has 3 amide bonds. The Balaban J connectivity index is 1.73. The highest BCUT2D eigenvalue weighted by Crippen LogP contribution is 2.24. The molecule has 1 aromatic carbocycles. The van der Waals surface area contributed by atoms with Crippen LogP contribution in [-0.4, -0.2) is 31.6 Å². The van der Waals surface area contributed by atoms with E-state index in [2.05, 4.69) is 16.0 Å². The second-order valence-corrected chi connectivity index (χ2v) is 5.67. The first-order valence-electron chi connectivity index (χ1n) is 7.86. The fraction of sp³-hybridized carbons (Fsp3) is 0.500. The number of anilines is 2. The van der Waals surface area contributed by atoms with Crippen LogP contribution in [0.15, 0.2) is 18.2 Å². The molecule has 1 aromatic rings. The van der Waals surface area contributed by atoms with Crippen molar-refractivity contribution in [1.82, 2.24) is 10.6 Å². The summed E-state index contributed by atoms with van der Waals surface area (Å²) in [6.07, 6.45) is 5.53. The van der Waals surface area contributed by atoms with E-state index in [1.54, 1.807) is 18.2 Å². The van der Waals surface area contributed by atoms with Gasteiger partial charge < -0.3 is 26.4 Å². The van der Waals surface area contributed by atoms with E-state index in [0.717, 1.165) is 25.7 Å². The smallest absolute Gasteiger partial charge is 0.315 e. The van der Waals surface area contributed by atoms with Crippen LogP contribution in [0.25, 0.3) is 0 Å². The first-order valence-corrected chi connectivity index (χ1v) is 7.86. The molecule has 0 radical (unpaired) electrons. The molecule has 0 unspecified atom stereocenters. The number of rotatable bonds is 5. The van der Waals surface area contributed by atoms with Crippen molar-refractivity contribution in [2.75, 3.05) is 24.7 Å². The fourth-order valence-corrected chi connectivity index (χ4v) is 2.66. The van der Waals surface area contributed by atoms with Gasteiger partial charge in [-0.3, -0.25) is 4.79 Å². The first kappa shape index (κ1) is 16.9. The zero-order chi connectivity index (χ0) is 16.7. The van der Waals surface area contributed by atoms with Gasteiger partial charge in [0.2, 0.25) is 5.91 Å². The molecular formula is C16H24N4O3. The molecule has 0 atom stereocenters. The fourth-order valence-electron chi connectivity index (χ4n) is 2.66. The minimum atomic E-state index is -0.312. The van der Waals surface area contributed by atoms with Gasteiger partial charge >= 0.3 is 6.03 Å². The van der Waals surface area contributed by atoms with Crippen LogP contribution in [-0.2, 0) is 4.79 Å². The van der Waals surface area contributed by atoms with Crippen LogP contribution in [0, 0.1) is 0 Å². The lowest BCUT2D eigenvalue weighted by molar-refractivity contribution is -0.115. The molecule has 0 aromatic heterocycles. The van der Waals surface area contributed by atoms with E-state index in [1.165, 1.54) is 13.5 Å². The number of benzene rings is 1. The predicted octanol–water partition coefficient (Wildman–Crippen LogP) is 1.85. The largest absolute Gasteiger partial charge is 0.495 e. The summed E-state index contributed by atoms with van der Waals surface area (Å²) in [7, 11) is 1.53. The Bertz CT molecular complexity index is 556. The predicted molar refractivity (Wildman–Crippen MR) is 89.4 cm³/mol. The number of carbonyl (C=O) groups is 2. The normalized spacial score (nSPS) is 14.8. The Morgan fingerprint density at radius 3 is 2.65 bits per heavy atom. The minimum absolute atomic E-state index is 0.0928. The zero-order valence-electron chi connectivity index (χ0n) is 13.4. The second-order valence-electron chi connectivity index (χ2n) is 5.67. The zero-order valence-corrected chi connectivity index (χ0v) is 13.4. The number of carbonyl (C=O) groups excluding carboxylic acids is 2. The van der Waals surface area contributed by atoms with Crippen LogP contribution in [0.1, 0.15) is 32.1 Å². The van der Waals surface area contributed by atoms with Crippen molar-refractivity contribution in [3.63, 3.8) is 0 Å². The van der Waals surface area contributed by atoms with E-state index in [0.29, 0.717) is 17.1 Å². The molecule has 1 aliphatic carbocycles. The van der Waals surface area contributed by atoms with Gasteiger partial charge in [0.05, 0.1) is 19.3 Å². The van der Waals surface area contributed by atoms with Gasteiger partial charge in [0.15, 0.2) is 0 Å². The average Bonchev–Trinajstić information content (AvgIpc) is 2.54. The summed E-state index contributed by atoms with van der Waals surface area (Å²) < 4.78 is 5.05. The number of hydrogen-bond acceptors (Lipinski definition) is 4. The van der Waals surface area contributed by atoms with E-state index in [1.807, 2.05) is 0 Å². The molecular weight excluding hydrogens is 296 g/mol. The summed E-state index contributed by atoms with van der Waals surface area (Å²) >= 11 is 0. The topological polar surface area (TPSA) is 105 Å². The molecule has 126 valence electrons. The number of amides is 3. The lowest BCUT2D eigenvalue weighted by Crippen LogP contribution is -2.45. The molecule has 0 bridgehead atoms. The maximum absolute atomic E-state index is 11.8. The van der Waals surface area contributed by atoms with Gasteiger partial charge in [0, 0.05) is 11.7 Å². The number of methoxy groups -OCH3 is 1. The average molecular weight is 320 g/mol. The van der Waals surface area contributed by atoms with Gasteiger partial charge in [-0.15, -0.1) is 0 Å².